The lowest BCUT2D eigenvalue weighted by atomic mass is 10.1. The van der Waals surface area contributed by atoms with Crippen LogP contribution >= 0.6 is 0 Å². The minimum atomic E-state index is -1.09. The summed E-state index contributed by atoms with van der Waals surface area (Å²) >= 11 is 0. The number of aliphatic carboxylic acids is 1. The van der Waals surface area contributed by atoms with E-state index in [0.717, 1.165) is 4.68 Å². The molecule has 9 heteroatoms. The van der Waals surface area contributed by atoms with E-state index in [0.29, 0.717) is 13.0 Å². The summed E-state index contributed by atoms with van der Waals surface area (Å²) in [5, 5.41) is 15.3. The van der Waals surface area contributed by atoms with Crippen molar-refractivity contribution in [2.45, 2.75) is 18.6 Å². The number of nitrogens with one attached hydrogen (secondary N) is 1. The van der Waals surface area contributed by atoms with Crippen molar-refractivity contribution in [3.63, 3.8) is 0 Å². The fourth-order valence-electron chi connectivity index (χ4n) is 2.09. The maximum Gasteiger partial charge on any atom is 0.329 e. The van der Waals surface area contributed by atoms with Crippen LogP contribution in [0.25, 0.3) is 0 Å². The van der Waals surface area contributed by atoms with Gasteiger partial charge in [-0.25, -0.2) is 9.48 Å². The van der Waals surface area contributed by atoms with Crippen molar-refractivity contribution in [3.05, 3.63) is 28.2 Å². The zero-order chi connectivity index (χ0) is 16.1. The third-order valence-corrected chi connectivity index (χ3v) is 3.23. The smallest absolute Gasteiger partial charge is 0.329 e. The van der Waals surface area contributed by atoms with Gasteiger partial charge < -0.3 is 19.9 Å². The van der Waals surface area contributed by atoms with Crippen molar-refractivity contribution in [1.82, 2.24) is 15.1 Å². The van der Waals surface area contributed by atoms with Crippen LogP contribution in [0, 0.1) is 0 Å². The number of aryl methyl sites for hydroxylation is 1. The first-order chi connectivity index (χ1) is 10.5. The molecule has 120 valence electrons. The average molecular weight is 311 g/mol. The Morgan fingerprint density at radius 2 is 2.32 bits per heavy atom. The zero-order valence-electron chi connectivity index (χ0n) is 12.0. The Kier molecular flexibility index (Phi) is 5.23. The van der Waals surface area contributed by atoms with E-state index in [1.807, 2.05) is 0 Å². The second-order valence-electron chi connectivity index (χ2n) is 4.87. The molecule has 2 rings (SSSR count). The van der Waals surface area contributed by atoms with Gasteiger partial charge in [0.2, 0.25) is 0 Å². The Bertz CT molecular complexity index is 614. The minimum Gasteiger partial charge on any atom is -0.480 e. The number of hydrogen-bond acceptors (Lipinski definition) is 6. The van der Waals surface area contributed by atoms with Gasteiger partial charge in [-0.2, -0.15) is 5.10 Å². The van der Waals surface area contributed by atoms with Gasteiger partial charge in [0.25, 0.3) is 11.5 Å². The molecule has 0 aliphatic carbocycles. The molecule has 1 amide bonds. The van der Waals surface area contributed by atoms with Crippen molar-refractivity contribution in [2.75, 3.05) is 19.8 Å². The van der Waals surface area contributed by atoms with Crippen LogP contribution in [0.4, 0.5) is 0 Å². The van der Waals surface area contributed by atoms with Crippen LogP contribution in [0.1, 0.15) is 16.9 Å². The van der Waals surface area contributed by atoms with Crippen molar-refractivity contribution in [1.29, 1.82) is 0 Å². The summed E-state index contributed by atoms with van der Waals surface area (Å²) in [5.41, 5.74) is -0.212. The van der Waals surface area contributed by atoms with E-state index in [1.54, 1.807) is 0 Å². The Balaban J connectivity index is 2.02. The summed E-state index contributed by atoms with van der Waals surface area (Å²) in [7, 11) is 1.45. The highest BCUT2D eigenvalue weighted by Crippen LogP contribution is 2.12. The number of rotatable bonds is 5. The molecule has 2 N–H and O–H groups in total. The van der Waals surface area contributed by atoms with Gasteiger partial charge in [0, 0.05) is 19.7 Å². The zero-order valence-corrected chi connectivity index (χ0v) is 12.0. The molecular formula is C13H17N3O6. The van der Waals surface area contributed by atoms with Gasteiger partial charge >= 0.3 is 5.97 Å². The number of carbonyl (C=O) groups is 2. The molecule has 0 spiro atoms. The number of carboxylic acids is 1. The molecule has 1 aliphatic heterocycles. The lowest BCUT2D eigenvalue weighted by molar-refractivity contribution is -0.148. The lowest BCUT2D eigenvalue weighted by Gasteiger charge is -2.31. The molecule has 22 heavy (non-hydrogen) atoms. The third-order valence-electron chi connectivity index (χ3n) is 3.23. The number of hydrogen-bond donors (Lipinski definition) is 2. The molecule has 0 radical (unpaired) electrons. The molecule has 1 aromatic rings. The second kappa shape index (κ2) is 7.14. The van der Waals surface area contributed by atoms with Gasteiger partial charge in [-0.15, -0.1) is 0 Å². The summed E-state index contributed by atoms with van der Waals surface area (Å²) in [6.45, 7) is 0.190. The van der Waals surface area contributed by atoms with E-state index >= 15 is 0 Å². The number of nitrogens with zero attached hydrogens (tertiary/aromatic N) is 2. The van der Waals surface area contributed by atoms with E-state index < -0.39 is 24.6 Å². The summed E-state index contributed by atoms with van der Waals surface area (Å²) in [5.74, 6) is -1.54. The highest BCUT2D eigenvalue weighted by atomic mass is 16.5. The van der Waals surface area contributed by atoms with Crippen LogP contribution in [0.2, 0.25) is 0 Å². The predicted octanol–water partition coefficient (Wildman–Crippen LogP) is -1.23. The Morgan fingerprint density at radius 1 is 1.55 bits per heavy atom. The number of amides is 1. The number of aromatic nitrogens is 2. The van der Waals surface area contributed by atoms with Crippen molar-refractivity contribution >= 4 is 11.9 Å². The van der Waals surface area contributed by atoms with Crippen molar-refractivity contribution in [3.8, 4) is 0 Å². The number of ether oxygens (including phenoxy) is 2. The van der Waals surface area contributed by atoms with E-state index in [-0.39, 0.29) is 23.9 Å². The monoisotopic (exact) mass is 311 g/mol. The van der Waals surface area contributed by atoms with Crippen LogP contribution in [0.3, 0.4) is 0 Å². The quantitative estimate of drug-likeness (QED) is 0.698. The molecule has 2 atom stereocenters. The first kappa shape index (κ1) is 16.1. The minimum absolute atomic E-state index is 0.102. The van der Waals surface area contributed by atoms with Gasteiger partial charge in [0.1, 0.15) is 18.4 Å². The van der Waals surface area contributed by atoms with Crippen LogP contribution in [0.5, 0.6) is 0 Å². The fraction of sp³-hybridized carbons (Fsp3) is 0.538. The summed E-state index contributed by atoms with van der Waals surface area (Å²) in [6.07, 6.45) is -0.0387. The second-order valence-corrected chi connectivity index (χ2v) is 4.87. The molecule has 0 saturated carbocycles. The van der Waals surface area contributed by atoms with Crippen LogP contribution in [0.15, 0.2) is 16.9 Å². The Hall–Kier alpha value is -2.26. The van der Waals surface area contributed by atoms with Gasteiger partial charge in [0.05, 0.1) is 12.6 Å². The predicted molar refractivity (Wildman–Crippen MR) is 73.5 cm³/mol. The fourth-order valence-corrected chi connectivity index (χ4v) is 2.09. The molecule has 9 nitrogen and oxygen atoms in total. The van der Waals surface area contributed by atoms with Crippen LogP contribution < -0.4 is 10.9 Å². The van der Waals surface area contributed by atoms with Crippen molar-refractivity contribution < 1.29 is 24.2 Å². The van der Waals surface area contributed by atoms with Crippen LogP contribution in [-0.2, 0) is 21.3 Å². The van der Waals surface area contributed by atoms with Crippen LogP contribution in [-0.4, -0.2) is 58.7 Å². The number of carbonyl (C=O) groups excluding carboxylic acids is 1. The maximum absolute atomic E-state index is 12.2. The van der Waals surface area contributed by atoms with E-state index in [1.165, 1.54) is 19.2 Å². The first-order valence-corrected chi connectivity index (χ1v) is 6.73. The van der Waals surface area contributed by atoms with E-state index in [2.05, 4.69) is 10.4 Å². The normalized spacial score (nSPS) is 21.3. The average Bonchev–Trinajstić information content (AvgIpc) is 2.49. The van der Waals surface area contributed by atoms with Crippen molar-refractivity contribution in [2.24, 2.45) is 7.05 Å². The highest BCUT2D eigenvalue weighted by Gasteiger charge is 2.29. The van der Waals surface area contributed by atoms with Gasteiger partial charge in [0.15, 0.2) is 0 Å². The van der Waals surface area contributed by atoms with E-state index in [9.17, 15) is 14.4 Å². The Morgan fingerprint density at radius 3 is 3.00 bits per heavy atom. The van der Waals surface area contributed by atoms with E-state index in [4.69, 9.17) is 14.6 Å². The molecule has 1 saturated heterocycles. The SMILES string of the molecule is Cn1nc(C(=O)N[C@@H]2CCOC[C@H]2OCC(=O)O)ccc1=O. The molecule has 0 aromatic carbocycles. The molecule has 0 unspecified atom stereocenters. The van der Waals surface area contributed by atoms with Gasteiger partial charge in [-0.05, 0) is 12.5 Å². The summed E-state index contributed by atoms with van der Waals surface area (Å²) in [6, 6.07) is 2.22. The standard InChI is InChI=1S/C13H17N3O6/c1-16-11(17)3-2-9(15-16)13(20)14-8-4-5-21-6-10(8)22-7-12(18)19/h2-3,8,10H,4-7H2,1H3,(H,14,20)(H,18,19)/t8-,10-/m1/s1. The first-order valence-electron chi connectivity index (χ1n) is 6.73. The molecule has 2 heterocycles. The molecule has 0 bridgehead atoms. The van der Waals surface area contributed by atoms with Gasteiger partial charge in [-0.1, -0.05) is 0 Å². The highest BCUT2D eigenvalue weighted by molar-refractivity contribution is 5.92. The molecule has 1 fully saturated rings. The molecule has 1 aliphatic rings. The maximum atomic E-state index is 12.2. The summed E-state index contributed by atoms with van der Waals surface area (Å²) in [4.78, 5) is 34.0. The van der Waals surface area contributed by atoms with Gasteiger partial charge in [-0.3, -0.25) is 9.59 Å². The largest absolute Gasteiger partial charge is 0.480 e. The summed E-state index contributed by atoms with van der Waals surface area (Å²) < 4.78 is 11.5. The third kappa shape index (κ3) is 4.12. The Labute approximate surface area is 125 Å². The molecular weight excluding hydrogens is 294 g/mol. The topological polar surface area (TPSA) is 120 Å². The number of carboxylic acid groups (broad SMARTS) is 1. The lowest BCUT2D eigenvalue weighted by Crippen LogP contribution is -2.50. The molecule has 1 aromatic heterocycles.